The van der Waals surface area contributed by atoms with E-state index in [9.17, 15) is 9.18 Å². The summed E-state index contributed by atoms with van der Waals surface area (Å²) in [7, 11) is 1.49. The van der Waals surface area contributed by atoms with Crippen molar-refractivity contribution in [3.8, 4) is 5.75 Å². The van der Waals surface area contributed by atoms with Crippen LogP contribution in [0.3, 0.4) is 0 Å². The van der Waals surface area contributed by atoms with E-state index in [-0.39, 0.29) is 12.2 Å². The van der Waals surface area contributed by atoms with Gasteiger partial charge >= 0.3 is 6.09 Å². The maximum Gasteiger partial charge on any atom is 0.412 e. The number of hydrogen-bond acceptors (Lipinski definition) is 4. The number of alkyl halides is 1. The normalized spacial score (nSPS) is 12.7. The highest BCUT2D eigenvalue weighted by molar-refractivity contribution is 5.86. The van der Waals surface area contributed by atoms with Gasteiger partial charge in [0.25, 0.3) is 0 Å². The van der Waals surface area contributed by atoms with Gasteiger partial charge in [-0.15, -0.1) is 0 Å². The SMILES string of the molecule is COc1ccc(C(F)CN)c(NC(=O)OC(C)(C)C)c1. The fourth-order valence-corrected chi connectivity index (χ4v) is 1.58. The second-order valence-electron chi connectivity index (χ2n) is 5.28. The first-order valence-electron chi connectivity index (χ1n) is 6.29. The van der Waals surface area contributed by atoms with Crippen molar-refractivity contribution in [2.24, 2.45) is 5.73 Å². The summed E-state index contributed by atoms with van der Waals surface area (Å²) in [5, 5.41) is 2.52. The largest absolute Gasteiger partial charge is 0.497 e. The van der Waals surface area contributed by atoms with Crippen LogP contribution in [0.25, 0.3) is 0 Å². The van der Waals surface area contributed by atoms with Crippen LogP contribution in [-0.4, -0.2) is 25.3 Å². The number of benzene rings is 1. The molecule has 0 bridgehead atoms. The Bertz CT molecular complexity index is 472. The second kappa shape index (κ2) is 6.56. The first-order valence-corrected chi connectivity index (χ1v) is 6.29. The third-order valence-electron chi connectivity index (χ3n) is 2.44. The zero-order valence-electron chi connectivity index (χ0n) is 12.2. The summed E-state index contributed by atoms with van der Waals surface area (Å²) >= 11 is 0. The number of nitrogens with two attached hydrogens (primary N) is 1. The minimum atomic E-state index is -1.37. The molecule has 0 spiro atoms. The average molecular weight is 284 g/mol. The molecule has 1 rings (SSSR count). The van der Waals surface area contributed by atoms with Gasteiger partial charge in [-0.3, -0.25) is 5.32 Å². The summed E-state index contributed by atoms with van der Waals surface area (Å²) in [6, 6.07) is 4.67. The highest BCUT2D eigenvalue weighted by atomic mass is 19.1. The molecule has 1 aromatic rings. The lowest BCUT2D eigenvalue weighted by atomic mass is 10.1. The van der Waals surface area contributed by atoms with Crippen molar-refractivity contribution < 1.29 is 18.7 Å². The second-order valence-corrected chi connectivity index (χ2v) is 5.28. The summed E-state index contributed by atoms with van der Waals surface area (Å²) < 4.78 is 24.0. The van der Waals surface area contributed by atoms with Gasteiger partial charge in [0.2, 0.25) is 0 Å². The lowest BCUT2D eigenvalue weighted by Crippen LogP contribution is -2.27. The molecule has 1 atom stereocenters. The molecule has 3 N–H and O–H groups in total. The third kappa shape index (κ3) is 4.70. The van der Waals surface area contributed by atoms with Crippen LogP contribution >= 0.6 is 0 Å². The van der Waals surface area contributed by atoms with Gasteiger partial charge in [0.1, 0.15) is 17.5 Å². The van der Waals surface area contributed by atoms with Crippen LogP contribution in [-0.2, 0) is 4.74 Å². The van der Waals surface area contributed by atoms with Crippen molar-refractivity contribution in [3.05, 3.63) is 23.8 Å². The molecule has 0 aliphatic heterocycles. The zero-order chi connectivity index (χ0) is 15.3. The zero-order valence-corrected chi connectivity index (χ0v) is 12.2. The maximum atomic E-state index is 13.8. The summed E-state index contributed by atoms with van der Waals surface area (Å²) in [6.45, 7) is 5.07. The molecule has 0 aliphatic rings. The molecule has 5 nitrogen and oxygen atoms in total. The Balaban J connectivity index is 2.98. The first kappa shape index (κ1) is 16.2. The van der Waals surface area contributed by atoms with Gasteiger partial charge < -0.3 is 15.2 Å². The van der Waals surface area contributed by atoms with Gasteiger partial charge in [-0.2, -0.15) is 0 Å². The quantitative estimate of drug-likeness (QED) is 0.891. The van der Waals surface area contributed by atoms with Crippen LogP contribution in [0, 0.1) is 0 Å². The number of carbonyl (C=O) groups is 1. The molecule has 0 saturated heterocycles. The topological polar surface area (TPSA) is 73.6 Å². The number of methoxy groups -OCH3 is 1. The Morgan fingerprint density at radius 2 is 2.10 bits per heavy atom. The highest BCUT2D eigenvalue weighted by Crippen LogP contribution is 2.29. The Hall–Kier alpha value is -1.82. The van der Waals surface area contributed by atoms with Crippen molar-refractivity contribution in [1.29, 1.82) is 0 Å². The predicted octanol–water partition coefficient (Wildman–Crippen LogP) is 3.01. The molecule has 1 unspecified atom stereocenters. The first-order chi connectivity index (χ1) is 9.26. The van der Waals surface area contributed by atoms with Crippen molar-refractivity contribution in [1.82, 2.24) is 0 Å². The monoisotopic (exact) mass is 284 g/mol. The molecule has 0 radical (unpaired) electrons. The van der Waals surface area contributed by atoms with Crippen LogP contribution in [0.2, 0.25) is 0 Å². The Morgan fingerprint density at radius 3 is 2.60 bits per heavy atom. The predicted molar refractivity (Wildman–Crippen MR) is 75.8 cm³/mol. The van der Waals surface area contributed by atoms with Crippen LogP contribution in [0.1, 0.15) is 32.5 Å². The summed E-state index contributed by atoms with van der Waals surface area (Å²) in [6.07, 6.45) is -2.03. The summed E-state index contributed by atoms with van der Waals surface area (Å²) in [5.41, 5.74) is 5.27. The smallest absolute Gasteiger partial charge is 0.412 e. The van der Waals surface area contributed by atoms with E-state index in [4.69, 9.17) is 15.2 Å². The van der Waals surface area contributed by atoms with Crippen molar-refractivity contribution in [2.75, 3.05) is 19.0 Å². The van der Waals surface area contributed by atoms with Crippen molar-refractivity contribution in [3.63, 3.8) is 0 Å². The average Bonchev–Trinajstić information content (AvgIpc) is 2.35. The Morgan fingerprint density at radius 1 is 1.45 bits per heavy atom. The highest BCUT2D eigenvalue weighted by Gasteiger charge is 2.19. The molecule has 112 valence electrons. The standard InChI is InChI=1S/C14H21FN2O3/c1-14(2,3)20-13(18)17-12-7-9(19-4)5-6-10(12)11(15)8-16/h5-7,11H,8,16H2,1-4H3,(H,17,18). The summed E-state index contributed by atoms with van der Waals surface area (Å²) in [5.74, 6) is 0.504. The number of nitrogens with one attached hydrogen (secondary N) is 1. The fraction of sp³-hybridized carbons (Fsp3) is 0.500. The van der Waals surface area contributed by atoms with Gasteiger partial charge in [0.05, 0.1) is 12.8 Å². The molecule has 0 heterocycles. The van der Waals surface area contributed by atoms with E-state index in [1.165, 1.54) is 19.2 Å². The van der Waals surface area contributed by atoms with Gasteiger partial charge in [-0.1, -0.05) is 6.07 Å². The van der Waals surface area contributed by atoms with Gasteiger partial charge in [-0.25, -0.2) is 9.18 Å². The third-order valence-corrected chi connectivity index (χ3v) is 2.44. The lowest BCUT2D eigenvalue weighted by molar-refractivity contribution is 0.0635. The Kier molecular flexibility index (Phi) is 5.33. The molecule has 6 heteroatoms. The number of halogens is 1. The van der Waals surface area contributed by atoms with E-state index in [1.807, 2.05) is 0 Å². The number of anilines is 1. The number of ether oxygens (including phenoxy) is 2. The van der Waals surface area contributed by atoms with Crippen LogP contribution in [0.5, 0.6) is 5.75 Å². The number of rotatable bonds is 4. The molecule has 0 aromatic heterocycles. The molecule has 1 amide bonds. The fourth-order valence-electron chi connectivity index (χ4n) is 1.58. The van der Waals surface area contributed by atoms with E-state index in [0.29, 0.717) is 11.3 Å². The maximum absolute atomic E-state index is 13.8. The van der Waals surface area contributed by atoms with Gasteiger partial charge in [0, 0.05) is 18.2 Å². The van der Waals surface area contributed by atoms with Gasteiger partial charge in [0.15, 0.2) is 0 Å². The van der Waals surface area contributed by atoms with Crippen LogP contribution in [0.15, 0.2) is 18.2 Å². The molecular formula is C14H21FN2O3. The van der Waals surface area contributed by atoms with E-state index in [2.05, 4.69) is 5.32 Å². The molecule has 20 heavy (non-hydrogen) atoms. The van der Waals surface area contributed by atoms with Gasteiger partial charge in [-0.05, 0) is 26.8 Å². The van der Waals surface area contributed by atoms with E-state index in [1.54, 1.807) is 26.8 Å². The van der Waals surface area contributed by atoms with E-state index >= 15 is 0 Å². The van der Waals surface area contributed by atoms with Crippen molar-refractivity contribution in [2.45, 2.75) is 32.5 Å². The Labute approximate surface area is 118 Å². The number of amides is 1. The van der Waals surface area contributed by atoms with Crippen LogP contribution in [0.4, 0.5) is 14.9 Å². The minimum absolute atomic E-state index is 0.171. The molecule has 0 fully saturated rings. The summed E-state index contributed by atoms with van der Waals surface area (Å²) in [4.78, 5) is 11.8. The minimum Gasteiger partial charge on any atom is -0.497 e. The molecule has 0 saturated carbocycles. The number of hydrogen-bond donors (Lipinski definition) is 2. The molecule has 0 aliphatic carbocycles. The molecular weight excluding hydrogens is 263 g/mol. The molecule has 1 aromatic carbocycles. The van der Waals surface area contributed by atoms with Crippen molar-refractivity contribution >= 4 is 11.8 Å². The lowest BCUT2D eigenvalue weighted by Gasteiger charge is -2.21. The van der Waals surface area contributed by atoms with Crippen LogP contribution < -0.4 is 15.8 Å². The van der Waals surface area contributed by atoms with E-state index in [0.717, 1.165) is 0 Å². The van der Waals surface area contributed by atoms with E-state index < -0.39 is 17.9 Å². The number of carbonyl (C=O) groups excluding carboxylic acids is 1.